The van der Waals surface area contributed by atoms with Gasteiger partial charge in [-0.3, -0.25) is 0 Å². The third-order valence-corrected chi connectivity index (χ3v) is 4.74. The van der Waals surface area contributed by atoms with Gasteiger partial charge in [0.25, 0.3) is 0 Å². The Morgan fingerprint density at radius 1 is 1.32 bits per heavy atom. The van der Waals surface area contributed by atoms with Crippen molar-refractivity contribution in [2.45, 2.75) is 45.1 Å². The summed E-state index contributed by atoms with van der Waals surface area (Å²) in [6.07, 6.45) is 6.63. The Morgan fingerprint density at radius 3 is 2.79 bits per heavy atom. The lowest BCUT2D eigenvalue weighted by atomic mass is 9.84. The highest BCUT2D eigenvalue weighted by Crippen LogP contribution is 2.36. The summed E-state index contributed by atoms with van der Waals surface area (Å²) in [5, 5.41) is 0.679. The van der Waals surface area contributed by atoms with Crippen LogP contribution in [0.15, 0.2) is 18.2 Å². The molecule has 4 heteroatoms. The van der Waals surface area contributed by atoms with Crippen LogP contribution < -0.4 is 5.73 Å². The minimum atomic E-state index is 0.392. The predicted molar refractivity (Wildman–Crippen MR) is 80.4 cm³/mol. The minimum absolute atomic E-state index is 0.392. The van der Waals surface area contributed by atoms with Crippen molar-refractivity contribution in [3.63, 3.8) is 0 Å². The summed E-state index contributed by atoms with van der Waals surface area (Å²) >= 11 is 6.20. The van der Waals surface area contributed by atoms with Gasteiger partial charge in [0.05, 0.1) is 10.5 Å². The Kier molecular flexibility index (Phi) is 3.40. The van der Waals surface area contributed by atoms with Crippen LogP contribution in [0.25, 0.3) is 11.0 Å². The zero-order chi connectivity index (χ0) is 13.4. The molecular weight excluding hydrogens is 258 g/mol. The molecular formula is C15H20ClN3. The molecule has 1 aliphatic rings. The molecule has 102 valence electrons. The number of fused-ring (bicyclic) bond motifs is 1. The monoisotopic (exact) mass is 277 g/mol. The number of nitrogens with two attached hydrogens (primary N) is 1. The van der Waals surface area contributed by atoms with Crippen LogP contribution in [0.1, 0.15) is 45.1 Å². The number of aromatic nitrogens is 2. The topological polar surface area (TPSA) is 43.8 Å². The molecule has 19 heavy (non-hydrogen) atoms. The van der Waals surface area contributed by atoms with Crippen LogP contribution in [0.3, 0.4) is 0 Å². The fourth-order valence-corrected chi connectivity index (χ4v) is 3.57. The van der Waals surface area contributed by atoms with Crippen molar-refractivity contribution in [3.05, 3.63) is 23.2 Å². The molecule has 1 aliphatic carbocycles. The van der Waals surface area contributed by atoms with Crippen LogP contribution in [0.2, 0.25) is 5.02 Å². The highest BCUT2D eigenvalue weighted by molar-refractivity contribution is 6.35. The molecule has 3 nitrogen and oxygen atoms in total. The molecule has 1 fully saturated rings. The van der Waals surface area contributed by atoms with Crippen molar-refractivity contribution >= 4 is 28.6 Å². The number of nitrogen functional groups attached to an aromatic ring is 1. The van der Waals surface area contributed by atoms with Crippen molar-refractivity contribution in [1.82, 2.24) is 9.55 Å². The summed E-state index contributed by atoms with van der Waals surface area (Å²) in [6.45, 7) is 2.26. The van der Waals surface area contributed by atoms with Gasteiger partial charge in [0.2, 0.25) is 5.95 Å². The van der Waals surface area contributed by atoms with Gasteiger partial charge in [0.15, 0.2) is 0 Å². The van der Waals surface area contributed by atoms with Crippen LogP contribution in [-0.2, 0) is 0 Å². The second-order valence-corrected chi connectivity index (χ2v) is 5.99. The SMILES string of the molecule is CC(C1CCCCC1)n1c(N)nc2c(Cl)cccc21. The van der Waals surface area contributed by atoms with Crippen molar-refractivity contribution in [2.24, 2.45) is 5.92 Å². The van der Waals surface area contributed by atoms with Gasteiger partial charge in [-0.2, -0.15) is 0 Å². The molecule has 1 atom stereocenters. The number of para-hydroxylation sites is 1. The summed E-state index contributed by atoms with van der Waals surface area (Å²) in [5.41, 5.74) is 8.00. The number of hydrogen-bond donors (Lipinski definition) is 1. The van der Waals surface area contributed by atoms with E-state index in [-0.39, 0.29) is 0 Å². The van der Waals surface area contributed by atoms with E-state index in [4.69, 9.17) is 17.3 Å². The molecule has 1 unspecified atom stereocenters. The van der Waals surface area contributed by atoms with E-state index < -0.39 is 0 Å². The van der Waals surface area contributed by atoms with Crippen molar-refractivity contribution in [1.29, 1.82) is 0 Å². The summed E-state index contributed by atoms with van der Waals surface area (Å²) in [7, 11) is 0. The van der Waals surface area contributed by atoms with Gasteiger partial charge < -0.3 is 10.3 Å². The van der Waals surface area contributed by atoms with Gasteiger partial charge in [-0.25, -0.2) is 4.98 Å². The van der Waals surface area contributed by atoms with E-state index in [0.717, 1.165) is 11.0 Å². The first kappa shape index (κ1) is 12.8. The molecule has 0 aliphatic heterocycles. The van der Waals surface area contributed by atoms with Crippen LogP contribution in [0.5, 0.6) is 0 Å². The molecule has 1 heterocycles. The molecule has 1 aromatic carbocycles. The summed E-state index contributed by atoms with van der Waals surface area (Å²) in [4.78, 5) is 4.44. The van der Waals surface area contributed by atoms with Crippen LogP contribution in [-0.4, -0.2) is 9.55 Å². The number of halogens is 1. The fraction of sp³-hybridized carbons (Fsp3) is 0.533. The molecule has 0 spiro atoms. The molecule has 0 amide bonds. The first-order valence-corrected chi connectivity index (χ1v) is 7.48. The quantitative estimate of drug-likeness (QED) is 0.883. The molecule has 2 N–H and O–H groups in total. The molecule has 0 saturated heterocycles. The Labute approximate surface area is 118 Å². The summed E-state index contributed by atoms with van der Waals surface area (Å²) < 4.78 is 2.16. The molecule has 3 rings (SSSR count). The lowest BCUT2D eigenvalue weighted by Gasteiger charge is -2.29. The Bertz CT molecular complexity index is 584. The summed E-state index contributed by atoms with van der Waals surface area (Å²) in [6, 6.07) is 6.29. The number of benzene rings is 1. The van der Waals surface area contributed by atoms with Gasteiger partial charge in [0, 0.05) is 6.04 Å². The van der Waals surface area contributed by atoms with E-state index >= 15 is 0 Å². The lowest BCUT2D eigenvalue weighted by molar-refractivity contribution is 0.269. The molecule has 1 aromatic heterocycles. The third kappa shape index (κ3) is 2.20. The first-order chi connectivity index (χ1) is 9.18. The predicted octanol–water partition coefficient (Wildman–Crippen LogP) is 4.41. The molecule has 2 aromatic rings. The number of hydrogen-bond acceptors (Lipinski definition) is 2. The average Bonchev–Trinajstić information content (AvgIpc) is 2.77. The zero-order valence-corrected chi connectivity index (χ0v) is 12.0. The molecule has 0 bridgehead atoms. The first-order valence-electron chi connectivity index (χ1n) is 7.10. The third-order valence-electron chi connectivity index (χ3n) is 4.44. The van der Waals surface area contributed by atoms with E-state index in [1.165, 1.54) is 32.1 Å². The van der Waals surface area contributed by atoms with Crippen LogP contribution in [0.4, 0.5) is 5.95 Å². The van der Waals surface area contributed by atoms with Gasteiger partial charge >= 0.3 is 0 Å². The second kappa shape index (κ2) is 5.04. The van der Waals surface area contributed by atoms with Gasteiger partial charge in [0.1, 0.15) is 5.52 Å². The van der Waals surface area contributed by atoms with Crippen molar-refractivity contribution in [3.8, 4) is 0 Å². The number of nitrogens with zero attached hydrogens (tertiary/aromatic N) is 2. The number of imidazole rings is 1. The Balaban J connectivity index is 2.03. The maximum absolute atomic E-state index is 6.20. The van der Waals surface area contributed by atoms with E-state index in [9.17, 15) is 0 Å². The standard InChI is InChI=1S/C15H20ClN3/c1-10(11-6-3-2-4-7-11)19-13-9-5-8-12(16)14(13)18-15(19)17/h5,8-11H,2-4,6-7H2,1H3,(H2,17,18). The van der Waals surface area contributed by atoms with Gasteiger partial charge in [-0.15, -0.1) is 0 Å². The number of anilines is 1. The number of rotatable bonds is 2. The van der Waals surface area contributed by atoms with Crippen molar-refractivity contribution < 1.29 is 0 Å². The van der Waals surface area contributed by atoms with Gasteiger partial charge in [-0.05, 0) is 37.8 Å². The highest BCUT2D eigenvalue weighted by atomic mass is 35.5. The second-order valence-electron chi connectivity index (χ2n) is 5.59. The van der Waals surface area contributed by atoms with Crippen LogP contribution >= 0.6 is 11.6 Å². The van der Waals surface area contributed by atoms with Crippen molar-refractivity contribution in [2.75, 3.05) is 5.73 Å². The minimum Gasteiger partial charge on any atom is -0.369 e. The average molecular weight is 278 g/mol. The molecule has 0 radical (unpaired) electrons. The summed E-state index contributed by atoms with van der Waals surface area (Å²) in [5.74, 6) is 1.29. The lowest BCUT2D eigenvalue weighted by Crippen LogP contribution is -2.20. The Hall–Kier alpha value is -1.22. The molecule has 1 saturated carbocycles. The largest absolute Gasteiger partial charge is 0.369 e. The normalized spacial score (nSPS) is 18.8. The van der Waals surface area contributed by atoms with Crippen LogP contribution in [0, 0.1) is 5.92 Å². The Morgan fingerprint density at radius 2 is 2.05 bits per heavy atom. The fourth-order valence-electron chi connectivity index (χ4n) is 3.36. The smallest absolute Gasteiger partial charge is 0.201 e. The zero-order valence-electron chi connectivity index (χ0n) is 11.3. The van der Waals surface area contributed by atoms with Gasteiger partial charge in [-0.1, -0.05) is 36.9 Å². The van der Waals surface area contributed by atoms with E-state index in [1.807, 2.05) is 12.1 Å². The maximum Gasteiger partial charge on any atom is 0.201 e. The highest BCUT2D eigenvalue weighted by Gasteiger charge is 2.24. The van der Waals surface area contributed by atoms with E-state index in [1.54, 1.807) is 0 Å². The van der Waals surface area contributed by atoms with E-state index in [2.05, 4.69) is 22.5 Å². The van der Waals surface area contributed by atoms with E-state index in [0.29, 0.717) is 22.9 Å². The maximum atomic E-state index is 6.20.